The van der Waals surface area contributed by atoms with E-state index < -0.39 is 10.0 Å². The van der Waals surface area contributed by atoms with E-state index in [0.29, 0.717) is 13.0 Å². The Kier molecular flexibility index (Phi) is 3.24. The van der Waals surface area contributed by atoms with Crippen LogP contribution in [0.3, 0.4) is 0 Å². The molecule has 1 aromatic rings. The highest BCUT2D eigenvalue weighted by molar-refractivity contribution is 7.92. The monoisotopic (exact) mass is 251 g/mol. The first-order valence-electron chi connectivity index (χ1n) is 5.76. The Labute approximate surface area is 103 Å². The minimum Gasteiger partial charge on any atom is -0.269 e. The normalized spacial score (nSPS) is 19.1. The SMILES string of the molecule is C=CCCS(=O)(=O)N1CC(C)c2ccccc21. The van der Waals surface area contributed by atoms with Gasteiger partial charge in [-0.2, -0.15) is 0 Å². The summed E-state index contributed by atoms with van der Waals surface area (Å²) in [6.45, 7) is 6.18. The largest absolute Gasteiger partial charge is 0.269 e. The third-order valence-corrected chi connectivity index (χ3v) is 4.86. The highest BCUT2D eigenvalue weighted by Gasteiger charge is 2.32. The van der Waals surface area contributed by atoms with Gasteiger partial charge in [-0.15, -0.1) is 6.58 Å². The Morgan fingerprint density at radius 3 is 2.88 bits per heavy atom. The zero-order valence-electron chi connectivity index (χ0n) is 9.96. The Bertz CT molecular complexity index is 522. The number of nitrogens with zero attached hydrogens (tertiary/aromatic N) is 1. The van der Waals surface area contributed by atoms with E-state index >= 15 is 0 Å². The third-order valence-electron chi connectivity index (χ3n) is 3.09. The smallest absolute Gasteiger partial charge is 0.235 e. The van der Waals surface area contributed by atoms with Crippen LogP contribution in [0, 0.1) is 0 Å². The fourth-order valence-corrected chi connectivity index (χ4v) is 3.78. The number of rotatable bonds is 4. The molecule has 1 aliphatic heterocycles. The Morgan fingerprint density at radius 2 is 2.18 bits per heavy atom. The number of benzene rings is 1. The summed E-state index contributed by atoms with van der Waals surface area (Å²) in [7, 11) is -3.21. The average molecular weight is 251 g/mol. The Morgan fingerprint density at radius 1 is 1.47 bits per heavy atom. The molecule has 1 aromatic carbocycles. The van der Waals surface area contributed by atoms with Crippen LogP contribution in [0.15, 0.2) is 36.9 Å². The van der Waals surface area contributed by atoms with Crippen LogP contribution in [0.25, 0.3) is 0 Å². The van der Waals surface area contributed by atoms with E-state index in [1.54, 1.807) is 6.08 Å². The van der Waals surface area contributed by atoms with Crippen LogP contribution < -0.4 is 4.31 Å². The predicted octanol–water partition coefficient (Wildman–Crippen LogP) is 2.52. The molecule has 0 bridgehead atoms. The van der Waals surface area contributed by atoms with E-state index in [4.69, 9.17) is 0 Å². The summed E-state index contributed by atoms with van der Waals surface area (Å²) in [6, 6.07) is 7.72. The third kappa shape index (κ3) is 2.22. The van der Waals surface area contributed by atoms with Crippen molar-refractivity contribution in [3.63, 3.8) is 0 Å². The van der Waals surface area contributed by atoms with Crippen LogP contribution in [0.1, 0.15) is 24.8 Å². The molecule has 0 aromatic heterocycles. The Hall–Kier alpha value is -1.29. The highest BCUT2D eigenvalue weighted by Crippen LogP contribution is 2.37. The lowest BCUT2D eigenvalue weighted by Crippen LogP contribution is -2.31. The van der Waals surface area contributed by atoms with Crippen molar-refractivity contribution >= 4 is 15.7 Å². The van der Waals surface area contributed by atoms with Crippen LogP contribution in [0.2, 0.25) is 0 Å². The summed E-state index contributed by atoms with van der Waals surface area (Å²) < 4.78 is 25.9. The lowest BCUT2D eigenvalue weighted by Gasteiger charge is -2.19. The van der Waals surface area contributed by atoms with Gasteiger partial charge < -0.3 is 0 Å². The molecule has 0 saturated heterocycles. The molecule has 1 unspecified atom stereocenters. The molecule has 1 atom stereocenters. The molecule has 0 saturated carbocycles. The molecule has 3 nitrogen and oxygen atoms in total. The van der Waals surface area contributed by atoms with Crippen molar-refractivity contribution in [2.75, 3.05) is 16.6 Å². The second kappa shape index (κ2) is 4.53. The van der Waals surface area contributed by atoms with E-state index in [1.165, 1.54) is 4.31 Å². The van der Waals surface area contributed by atoms with Crippen molar-refractivity contribution in [1.29, 1.82) is 0 Å². The highest BCUT2D eigenvalue weighted by atomic mass is 32.2. The molecule has 0 aliphatic carbocycles. The van der Waals surface area contributed by atoms with Gasteiger partial charge >= 0.3 is 0 Å². The summed E-state index contributed by atoms with van der Waals surface area (Å²) in [5.74, 6) is 0.405. The molecule has 92 valence electrons. The molecule has 0 spiro atoms. The number of fused-ring (bicyclic) bond motifs is 1. The van der Waals surface area contributed by atoms with Gasteiger partial charge in [0.25, 0.3) is 0 Å². The van der Waals surface area contributed by atoms with Crippen molar-refractivity contribution < 1.29 is 8.42 Å². The lowest BCUT2D eigenvalue weighted by molar-refractivity contribution is 0.590. The summed E-state index contributed by atoms with van der Waals surface area (Å²) in [5, 5.41) is 0. The van der Waals surface area contributed by atoms with Crippen LogP contribution >= 0.6 is 0 Å². The number of hydrogen-bond donors (Lipinski definition) is 0. The number of para-hydroxylation sites is 1. The maximum atomic E-state index is 12.2. The van der Waals surface area contributed by atoms with Gasteiger partial charge in [0, 0.05) is 12.5 Å². The maximum Gasteiger partial charge on any atom is 0.235 e. The van der Waals surface area contributed by atoms with Gasteiger partial charge in [0.1, 0.15) is 0 Å². The van der Waals surface area contributed by atoms with Gasteiger partial charge in [0.15, 0.2) is 0 Å². The summed E-state index contributed by atoms with van der Waals surface area (Å²) in [6.07, 6.45) is 2.14. The summed E-state index contributed by atoms with van der Waals surface area (Å²) >= 11 is 0. The molecule has 2 rings (SSSR count). The number of allylic oxidation sites excluding steroid dienone is 1. The molecule has 0 fully saturated rings. The van der Waals surface area contributed by atoms with E-state index in [0.717, 1.165) is 11.3 Å². The first-order chi connectivity index (χ1) is 8.06. The minimum absolute atomic E-state index is 0.136. The standard InChI is InChI=1S/C13H17NO2S/c1-3-4-9-17(15,16)14-10-11(2)12-7-5-6-8-13(12)14/h3,5-8,11H,1,4,9-10H2,2H3. The fourth-order valence-electron chi connectivity index (χ4n) is 2.18. The molecule has 1 aliphatic rings. The second-order valence-electron chi connectivity index (χ2n) is 4.38. The van der Waals surface area contributed by atoms with Crippen LogP contribution in [-0.2, 0) is 10.0 Å². The Balaban J connectivity index is 2.34. The van der Waals surface area contributed by atoms with Crippen molar-refractivity contribution in [2.45, 2.75) is 19.3 Å². The van der Waals surface area contributed by atoms with Gasteiger partial charge in [-0.25, -0.2) is 8.42 Å². The number of hydrogen-bond acceptors (Lipinski definition) is 2. The van der Waals surface area contributed by atoms with Gasteiger partial charge in [0.2, 0.25) is 10.0 Å². The molecule has 17 heavy (non-hydrogen) atoms. The zero-order valence-corrected chi connectivity index (χ0v) is 10.8. The number of anilines is 1. The van der Waals surface area contributed by atoms with Crippen LogP contribution in [-0.4, -0.2) is 20.7 Å². The maximum absolute atomic E-state index is 12.2. The van der Waals surface area contributed by atoms with Crippen molar-refractivity contribution in [3.05, 3.63) is 42.5 Å². The first-order valence-corrected chi connectivity index (χ1v) is 7.37. The molecule has 0 radical (unpaired) electrons. The summed E-state index contributed by atoms with van der Waals surface area (Å²) in [4.78, 5) is 0. The topological polar surface area (TPSA) is 37.4 Å². The average Bonchev–Trinajstić information content (AvgIpc) is 2.66. The van der Waals surface area contributed by atoms with E-state index in [2.05, 4.69) is 13.5 Å². The van der Waals surface area contributed by atoms with Crippen molar-refractivity contribution in [2.24, 2.45) is 0 Å². The summed E-state index contributed by atoms with van der Waals surface area (Å²) in [5.41, 5.74) is 1.96. The molecular weight excluding hydrogens is 234 g/mol. The second-order valence-corrected chi connectivity index (χ2v) is 6.40. The first kappa shape index (κ1) is 12.2. The van der Waals surface area contributed by atoms with E-state index in [9.17, 15) is 8.42 Å². The van der Waals surface area contributed by atoms with Crippen molar-refractivity contribution in [3.8, 4) is 0 Å². The quantitative estimate of drug-likeness (QED) is 0.771. The van der Waals surface area contributed by atoms with Crippen LogP contribution in [0.5, 0.6) is 0 Å². The van der Waals surface area contributed by atoms with Crippen LogP contribution in [0.4, 0.5) is 5.69 Å². The van der Waals surface area contributed by atoms with E-state index in [1.807, 2.05) is 24.3 Å². The van der Waals surface area contributed by atoms with Gasteiger partial charge in [-0.1, -0.05) is 31.2 Å². The molecule has 4 heteroatoms. The molecule has 0 N–H and O–H groups in total. The lowest BCUT2D eigenvalue weighted by atomic mass is 10.0. The molecule has 1 heterocycles. The van der Waals surface area contributed by atoms with Gasteiger partial charge in [0.05, 0.1) is 11.4 Å². The van der Waals surface area contributed by atoms with Gasteiger partial charge in [-0.3, -0.25) is 4.31 Å². The minimum atomic E-state index is -3.21. The zero-order chi connectivity index (χ0) is 12.5. The van der Waals surface area contributed by atoms with E-state index in [-0.39, 0.29) is 11.7 Å². The molecule has 0 amide bonds. The fraction of sp³-hybridized carbons (Fsp3) is 0.385. The number of sulfonamides is 1. The van der Waals surface area contributed by atoms with Gasteiger partial charge in [-0.05, 0) is 18.1 Å². The molecular formula is C13H17NO2S. The predicted molar refractivity (Wildman–Crippen MR) is 70.8 cm³/mol. The van der Waals surface area contributed by atoms with Crippen molar-refractivity contribution in [1.82, 2.24) is 0 Å².